The molecule has 3 rings (SSSR count). The number of carbonyl (C=O) groups is 1. The second-order valence-electron chi connectivity index (χ2n) is 5.42. The van der Waals surface area contributed by atoms with Gasteiger partial charge in [0.2, 0.25) is 5.91 Å². The molecule has 2 heterocycles. The van der Waals surface area contributed by atoms with E-state index in [1.54, 1.807) is 12.1 Å². The molecule has 2 N–H and O–H groups in total. The van der Waals surface area contributed by atoms with Gasteiger partial charge in [0.05, 0.1) is 11.7 Å². The quantitative estimate of drug-likeness (QED) is 0.912. The summed E-state index contributed by atoms with van der Waals surface area (Å²) in [6, 6.07) is 6.10. The van der Waals surface area contributed by atoms with Crippen LogP contribution in [-0.2, 0) is 4.79 Å². The summed E-state index contributed by atoms with van der Waals surface area (Å²) in [5.41, 5.74) is 1.64. The van der Waals surface area contributed by atoms with Crippen molar-refractivity contribution in [2.75, 3.05) is 11.9 Å². The Morgan fingerprint density at radius 2 is 2.14 bits per heavy atom. The first-order valence-electron chi connectivity index (χ1n) is 7.41. The number of amides is 1. The molecule has 1 aliphatic rings. The van der Waals surface area contributed by atoms with E-state index in [0.29, 0.717) is 5.13 Å². The Labute approximate surface area is 132 Å². The van der Waals surface area contributed by atoms with Crippen molar-refractivity contribution in [1.29, 1.82) is 0 Å². The molecule has 0 aliphatic carbocycles. The van der Waals surface area contributed by atoms with Gasteiger partial charge in [-0.25, -0.2) is 9.37 Å². The van der Waals surface area contributed by atoms with Crippen molar-refractivity contribution in [3.05, 3.63) is 35.0 Å². The maximum absolute atomic E-state index is 13.0. The van der Waals surface area contributed by atoms with Crippen molar-refractivity contribution >= 4 is 22.4 Å². The predicted octanol–water partition coefficient (Wildman–Crippen LogP) is 3.34. The summed E-state index contributed by atoms with van der Waals surface area (Å²) < 4.78 is 13.0. The summed E-state index contributed by atoms with van der Waals surface area (Å²) in [5.74, 6) is -0.298. The second-order valence-corrected chi connectivity index (χ2v) is 6.63. The van der Waals surface area contributed by atoms with Crippen LogP contribution < -0.4 is 10.6 Å². The summed E-state index contributed by atoms with van der Waals surface area (Å²) >= 11 is 1.44. The fourth-order valence-corrected chi connectivity index (χ4v) is 3.43. The van der Waals surface area contributed by atoms with E-state index in [1.165, 1.54) is 23.5 Å². The molecule has 2 aromatic rings. The molecule has 1 fully saturated rings. The lowest BCUT2D eigenvalue weighted by molar-refractivity contribution is -0.118. The van der Waals surface area contributed by atoms with E-state index < -0.39 is 0 Å². The summed E-state index contributed by atoms with van der Waals surface area (Å²) in [7, 11) is 0. The minimum Gasteiger partial charge on any atom is -0.306 e. The van der Waals surface area contributed by atoms with Crippen molar-refractivity contribution in [2.45, 2.75) is 32.2 Å². The smallest absolute Gasteiger partial charge is 0.243 e. The summed E-state index contributed by atoms with van der Waals surface area (Å²) in [6.07, 6.45) is 3.05. The van der Waals surface area contributed by atoms with Crippen LogP contribution in [0.15, 0.2) is 24.3 Å². The average Bonchev–Trinajstić information content (AvgIpc) is 2.89. The van der Waals surface area contributed by atoms with Gasteiger partial charge in [-0.2, -0.15) is 0 Å². The summed E-state index contributed by atoms with van der Waals surface area (Å²) in [6.45, 7) is 2.83. The zero-order valence-corrected chi connectivity index (χ0v) is 13.2. The Morgan fingerprint density at radius 1 is 1.36 bits per heavy atom. The fraction of sp³-hybridized carbons (Fsp3) is 0.375. The second kappa shape index (κ2) is 6.54. The minimum atomic E-state index is -0.270. The molecule has 1 saturated heterocycles. The van der Waals surface area contributed by atoms with Crippen molar-refractivity contribution in [2.24, 2.45) is 0 Å². The highest BCUT2D eigenvalue weighted by Crippen LogP contribution is 2.30. The van der Waals surface area contributed by atoms with Crippen molar-refractivity contribution in [3.8, 4) is 11.3 Å². The molecule has 1 atom stereocenters. The van der Waals surface area contributed by atoms with E-state index in [0.717, 1.165) is 41.9 Å². The molecule has 22 heavy (non-hydrogen) atoms. The molecule has 1 aromatic heterocycles. The zero-order chi connectivity index (χ0) is 15.5. The first-order valence-corrected chi connectivity index (χ1v) is 8.23. The lowest BCUT2D eigenvalue weighted by Gasteiger charge is -2.21. The fourth-order valence-electron chi connectivity index (χ4n) is 2.59. The first-order chi connectivity index (χ1) is 10.6. The number of aromatic nitrogens is 1. The van der Waals surface area contributed by atoms with Gasteiger partial charge in [-0.15, -0.1) is 11.3 Å². The molecule has 0 radical (unpaired) electrons. The number of aryl methyl sites for hydroxylation is 1. The van der Waals surface area contributed by atoms with Crippen molar-refractivity contribution in [1.82, 2.24) is 10.3 Å². The van der Waals surface area contributed by atoms with Gasteiger partial charge in [-0.05, 0) is 50.6 Å². The van der Waals surface area contributed by atoms with Crippen LogP contribution in [0.3, 0.4) is 0 Å². The summed E-state index contributed by atoms with van der Waals surface area (Å²) in [4.78, 5) is 17.7. The minimum absolute atomic E-state index is 0.0286. The zero-order valence-electron chi connectivity index (χ0n) is 12.4. The number of rotatable bonds is 3. The average molecular weight is 319 g/mol. The van der Waals surface area contributed by atoms with Crippen LogP contribution >= 0.6 is 11.3 Å². The lowest BCUT2D eigenvalue weighted by atomic mass is 10.0. The van der Waals surface area contributed by atoms with Crippen LogP contribution in [0.2, 0.25) is 0 Å². The Kier molecular flexibility index (Phi) is 4.49. The Hall–Kier alpha value is -1.79. The molecule has 6 heteroatoms. The van der Waals surface area contributed by atoms with Gasteiger partial charge >= 0.3 is 0 Å². The number of halogens is 1. The van der Waals surface area contributed by atoms with E-state index in [4.69, 9.17) is 0 Å². The van der Waals surface area contributed by atoms with Gasteiger partial charge in [0.15, 0.2) is 5.13 Å². The number of anilines is 1. The molecule has 1 unspecified atom stereocenters. The third-order valence-corrected chi connectivity index (χ3v) is 4.66. The van der Waals surface area contributed by atoms with Crippen LogP contribution in [-0.4, -0.2) is 23.5 Å². The molecule has 116 valence electrons. The molecule has 1 amide bonds. The molecular formula is C16H18FN3OS. The van der Waals surface area contributed by atoms with Gasteiger partial charge in [-0.1, -0.05) is 6.42 Å². The molecule has 1 aromatic carbocycles. The van der Waals surface area contributed by atoms with Gasteiger partial charge in [0.1, 0.15) is 5.82 Å². The van der Waals surface area contributed by atoms with Crippen LogP contribution in [0.25, 0.3) is 11.3 Å². The number of nitrogens with zero attached hydrogens (tertiary/aromatic N) is 1. The number of carbonyl (C=O) groups excluding carboxylic acids is 1. The monoisotopic (exact) mass is 319 g/mol. The standard InChI is InChI=1S/C16H18FN3OS/c1-10-14(11-5-7-12(17)8-6-11)19-16(22-10)20-15(21)13-4-2-3-9-18-13/h5-8,13,18H,2-4,9H2,1H3,(H,19,20,21). The van der Waals surface area contributed by atoms with Crippen LogP contribution in [0.4, 0.5) is 9.52 Å². The highest BCUT2D eigenvalue weighted by molar-refractivity contribution is 7.16. The lowest BCUT2D eigenvalue weighted by Crippen LogP contribution is -2.43. The Bertz CT molecular complexity index is 663. The third-order valence-electron chi connectivity index (χ3n) is 3.77. The molecule has 0 bridgehead atoms. The van der Waals surface area contributed by atoms with Crippen molar-refractivity contribution < 1.29 is 9.18 Å². The number of piperidine rings is 1. The van der Waals surface area contributed by atoms with Crippen LogP contribution in [0.5, 0.6) is 0 Å². The van der Waals surface area contributed by atoms with E-state index in [1.807, 2.05) is 6.92 Å². The maximum atomic E-state index is 13.0. The van der Waals surface area contributed by atoms with E-state index >= 15 is 0 Å². The molecule has 0 spiro atoms. The number of hydrogen-bond acceptors (Lipinski definition) is 4. The van der Waals surface area contributed by atoms with Gasteiger partial charge in [-0.3, -0.25) is 4.79 Å². The van der Waals surface area contributed by atoms with E-state index in [9.17, 15) is 9.18 Å². The topological polar surface area (TPSA) is 54.0 Å². The van der Waals surface area contributed by atoms with E-state index in [-0.39, 0.29) is 17.8 Å². The summed E-state index contributed by atoms with van der Waals surface area (Å²) in [5, 5.41) is 6.70. The predicted molar refractivity (Wildman–Crippen MR) is 86.5 cm³/mol. The Morgan fingerprint density at radius 3 is 2.82 bits per heavy atom. The molecule has 1 aliphatic heterocycles. The largest absolute Gasteiger partial charge is 0.306 e. The third kappa shape index (κ3) is 3.34. The molecular weight excluding hydrogens is 301 g/mol. The number of hydrogen-bond donors (Lipinski definition) is 2. The Balaban J connectivity index is 1.74. The number of benzene rings is 1. The van der Waals surface area contributed by atoms with Gasteiger partial charge in [0, 0.05) is 10.4 Å². The maximum Gasteiger partial charge on any atom is 0.243 e. The van der Waals surface area contributed by atoms with Crippen LogP contribution in [0.1, 0.15) is 24.1 Å². The van der Waals surface area contributed by atoms with E-state index in [2.05, 4.69) is 15.6 Å². The first kappa shape index (κ1) is 15.1. The number of thiazole rings is 1. The van der Waals surface area contributed by atoms with Crippen molar-refractivity contribution in [3.63, 3.8) is 0 Å². The molecule has 0 saturated carbocycles. The van der Waals surface area contributed by atoms with Crippen LogP contribution in [0, 0.1) is 12.7 Å². The molecule has 4 nitrogen and oxygen atoms in total. The van der Waals surface area contributed by atoms with Gasteiger partial charge < -0.3 is 10.6 Å². The van der Waals surface area contributed by atoms with Gasteiger partial charge in [0.25, 0.3) is 0 Å². The highest BCUT2D eigenvalue weighted by atomic mass is 32.1. The number of nitrogens with one attached hydrogen (secondary N) is 2. The highest BCUT2D eigenvalue weighted by Gasteiger charge is 2.22. The SMILES string of the molecule is Cc1sc(NC(=O)C2CCCCN2)nc1-c1ccc(F)cc1. The normalized spacial score (nSPS) is 18.2.